The number of nitrogens with zero attached hydrogens (tertiary/aromatic N) is 3. The van der Waals surface area contributed by atoms with Gasteiger partial charge in [-0.1, -0.05) is 36.4 Å². The fourth-order valence-electron chi connectivity index (χ4n) is 3.44. The van der Waals surface area contributed by atoms with E-state index in [0.717, 1.165) is 5.56 Å². The molecular formula is C23H22N4O2S. The summed E-state index contributed by atoms with van der Waals surface area (Å²) in [6, 6.07) is 18.3. The van der Waals surface area contributed by atoms with Crippen LogP contribution in [0.1, 0.15) is 22.1 Å². The molecule has 0 fully saturated rings. The van der Waals surface area contributed by atoms with Crippen LogP contribution >= 0.6 is 11.3 Å². The van der Waals surface area contributed by atoms with Crippen LogP contribution in [0.5, 0.6) is 0 Å². The Bertz CT molecular complexity index is 1220. The third-order valence-electron chi connectivity index (χ3n) is 5.03. The van der Waals surface area contributed by atoms with Gasteiger partial charge in [-0.15, -0.1) is 0 Å². The standard InChI is InChI=1S/C23H22N4O2S/c1-26(2)20(16-12-13-30-15-16)14-24-22(28)21-18-10-6-7-11-19(18)23(29)27(25-21)17-8-4-3-5-9-17/h3-13,15,20H,14H2,1-2H3,(H,24,28). The largest absolute Gasteiger partial charge is 0.349 e. The number of amides is 1. The van der Waals surface area contributed by atoms with Gasteiger partial charge in [0.2, 0.25) is 0 Å². The number of fused-ring (bicyclic) bond motifs is 1. The predicted molar refractivity (Wildman–Crippen MR) is 120 cm³/mol. The SMILES string of the molecule is CN(C)C(CNC(=O)c1nn(-c2ccccc2)c(=O)c2ccccc12)c1ccsc1. The number of para-hydroxylation sites is 1. The zero-order valence-electron chi connectivity index (χ0n) is 16.8. The number of nitrogens with one attached hydrogen (secondary N) is 1. The van der Waals surface area contributed by atoms with Crippen LogP contribution in [-0.4, -0.2) is 41.2 Å². The fourth-order valence-corrected chi connectivity index (χ4v) is 4.14. The van der Waals surface area contributed by atoms with Crippen molar-refractivity contribution in [1.82, 2.24) is 20.0 Å². The number of aromatic nitrogens is 2. The van der Waals surface area contributed by atoms with Crippen molar-refractivity contribution >= 4 is 28.0 Å². The summed E-state index contributed by atoms with van der Waals surface area (Å²) in [7, 11) is 3.97. The van der Waals surface area contributed by atoms with Gasteiger partial charge in [-0.25, -0.2) is 0 Å². The lowest BCUT2D eigenvalue weighted by atomic mass is 10.1. The summed E-state index contributed by atoms with van der Waals surface area (Å²) in [6.45, 7) is 0.434. The van der Waals surface area contributed by atoms with Gasteiger partial charge in [0.1, 0.15) is 0 Å². The Hall–Kier alpha value is -3.29. The molecule has 0 bridgehead atoms. The van der Waals surface area contributed by atoms with Gasteiger partial charge in [0.05, 0.1) is 17.1 Å². The molecule has 7 heteroatoms. The van der Waals surface area contributed by atoms with Gasteiger partial charge in [-0.3, -0.25) is 9.59 Å². The van der Waals surface area contributed by atoms with Crippen molar-refractivity contribution in [2.75, 3.05) is 20.6 Å². The molecule has 4 aromatic rings. The van der Waals surface area contributed by atoms with Crippen molar-refractivity contribution in [3.05, 3.63) is 93.0 Å². The molecule has 0 aliphatic carbocycles. The zero-order chi connectivity index (χ0) is 21.1. The van der Waals surface area contributed by atoms with Crippen molar-refractivity contribution in [3.63, 3.8) is 0 Å². The maximum atomic E-state index is 13.1. The van der Waals surface area contributed by atoms with Crippen LogP contribution in [0.15, 0.2) is 76.2 Å². The third-order valence-corrected chi connectivity index (χ3v) is 5.73. The Morgan fingerprint density at radius 2 is 1.77 bits per heavy atom. The van der Waals surface area contributed by atoms with Crippen LogP contribution in [0.25, 0.3) is 16.5 Å². The maximum absolute atomic E-state index is 13.1. The first kappa shape index (κ1) is 20.0. The number of carbonyl (C=O) groups is 1. The van der Waals surface area contributed by atoms with Gasteiger partial charge in [-0.05, 0) is 54.7 Å². The molecule has 2 aromatic carbocycles. The predicted octanol–water partition coefficient (Wildman–Crippen LogP) is 3.48. The van der Waals surface area contributed by atoms with Crippen molar-refractivity contribution in [3.8, 4) is 5.69 Å². The quantitative estimate of drug-likeness (QED) is 0.521. The first-order chi connectivity index (χ1) is 14.6. The minimum Gasteiger partial charge on any atom is -0.349 e. The Kier molecular flexibility index (Phi) is 5.74. The Morgan fingerprint density at radius 1 is 1.07 bits per heavy atom. The van der Waals surface area contributed by atoms with E-state index in [2.05, 4.69) is 26.8 Å². The molecule has 2 aromatic heterocycles. The summed E-state index contributed by atoms with van der Waals surface area (Å²) in [5.41, 5.74) is 1.75. The second-order valence-electron chi connectivity index (χ2n) is 7.19. The summed E-state index contributed by atoms with van der Waals surface area (Å²) in [4.78, 5) is 28.2. The van der Waals surface area contributed by atoms with E-state index >= 15 is 0 Å². The second-order valence-corrected chi connectivity index (χ2v) is 7.97. The van der Waals surface area contributed by atoms with Gasteiger partial charge in [0.15, 0.2) is 5.69 Å². The van der Waals surface area contributed by atoms with E-state index in [-0.39, 0.29) is 23.2 Å². The highest BCUT2D eigenvalue weighted by Crippen LogP contribution is 2.21. The highest BCUT2D eigenvalue weighted by Gasteiger charge is 2.20. The fraction of sp³-hybridized carbons (Fsp3) is 0.174. The molecule has 152 valence electrons. The smallest absolute Gasteiger partial charge is 0.279 e. The first-order valence-corrected chi connectivity index (χ1v) is 10.5. The molecule has 6 nitrogen and oxygen atoms in total. The molecular weight excluding hydrogens is 396 g/mol. The molecule has 4 rings (SSSR count). The van der Waals surface area contributed by atoms with Crippen molar-refractivity contribution in [2.45, 2.75) is 6.04 Å². The minimum atomic E-state index is -0.307. The molecule has 1 atom stereocenters. The second kappa shape index (κ2) is 8.61. The molecule has 0 saturated heterocycles. The monoisotopic (exact) mass is 418 g/mol. The lowest BCUT2D eigenvalue weighted by Crippen LogP contribution is -2.36. The van der Waals surface area contributed by atoms with Crippen LogP contribution in [0.2, 0.25) is 0 Å². The molecule has 0 spiro atoms. The van der Waals surface area contributed by atoms with E-state index in [1.165, 1.54) is 4.68 Å². The van der Waals surface area contributed by atoms with Crippen molar-refractivity contribution in [2.24, 2.45) is 0 Å². The number of hydrogen-bond donors (Lipinski definition) is 1. The number of thiophene rings is 1. The molecule has 1 unspecified atom stereocenters. The highest BCUT2D eigenvalue weighted by molar-refractivity contribution is 7.08. The van der Waals surface area contributed by atoms with E-state index in [4.69, 9.17) is 0 Å². The van der Waals surface area contributed by atoms with E-state index in [1.807, 2.05) is 37.7 Å². The van der Waals surface area contributed by atoms with E-state index < -0.39 is 0 Å². The molecule has 0 aliphatic rings. The molecule has 0 aliphatic heterocycles. The van der Waals surface area contributed by atoms with Gasteiger partial charge in [0.25, 0.3) is 11.5 Å². The molecule has 2 heterocycles. The van der Waals surface area contributed by atoms with Gasteiger partial charge < -0.3 is 10.2 Å². The van der Waals surface area contributed by atoms with Gasteiger partial charge in [-0.2, -0.15) is 21.1 Å². The summed E-state index contributed by atoms with van der Waals surface area (Å²) >= 11 is 1.63. The summed E-state index contributed by atoms with van der Waals surface area (Å²) in [6.07, 6.45) is 0. The Morgan fingerprint density at radius 3 is 2.43 bits per heavy atom. The third kappa shape index (κ3) is 3.90. The Balaban J connectivity index is 1.72. The van der Waals surface area contributed by atoms with E-state index in [9.17, 15) is 9.59 Å². The lowest BCUT2D eigenvalue weighted by molar-refractivity contribution is 0.0937. The van der Waals surface area contributed by atoms with Crippen LogP contribution in [0, 0.1) is 0 Å². The highest BCUT2D eigenvalue weighted by atomic mass is 32.1. The molecule has 30 heavy (non-hydrogen) atoms. The average Bonchev–Trinajstić information content (AvgIpc) is 3.29. The number of likely N-dealkylation sites (N-methyl/N-ethyl adjacent to an activating group) is 1. The van der Waals surface area contributed by atoms with Crippen LogP contribution in [0.3, 0.4) is 0 Å². The summed E-state index contributed by atoms with van der Waals surface area (Å²) < 4.78 is 1.29. The van der Waals surface area contributed by atoms with Crippen molar-refractivity contribution < 1.29 is 4.79 Å². The minimum absolute atomic E-state index is 0.0477. The molecule has 0 saturated carbocycles. The summed E-state index contributed by atoms with van der Waals surface area (Å²) in [5.74, 6) is -0.307. The average molecular weight is 419 g/mol. The zero-order valence-corrected chi connectivity index (χ0v) is 17.6. The normalized spacial score (nSPS) is 12.2. The molecule has 1 N–H and O–H groups in total. The number of benzene rings is 2. The Labute approximate surface area is 178 Å². The molecule has 0 radical (unpaired) electrons. The number of hydrogen-bond acceptors (Lipinski definition) is 5. The van der Waals surface area contributed by atoms with E-state index in [0.29, 0.717) is 23.0 Å². The van der Waals surface area contributed by atoms with E-state index in [1.54, 1.807) is 47.7 Å². The van der Waals surface area contributed by atoms with Crippen LogP contribution < -0.4 is 10.9 Å². The summed E-state index contributed by atoms with van der Waals surface area (Å²) in [5, 5.41) is 12.6. The molecule has 1 amide bonds. The topological polar surface area (TPSA) is 67.2 Å². The van der Waals surface area contributed by atoms with Crippen molar-refractivity contribution in [1.29, 1.82) is 0 Å². The number of rotatable bonds is 6. The van der Waals surface area contributed by atoms with Gasteiger partial charge in [0, 0.05) is 11.9 Å². The van der Waals surface area contributed by atoms with Gasteiger partial charge >= 0.3 is 0 Å². The van der Waals surface area contributed by atoms with Crippen LogP contribution in [-0.2, 0) is 0 Å². The maximum Gasteiger partial charge on any atom is 0.279 e. The lowest BCUT2D eigenvalue weighted by Gasteiger charge is -2.24. The number of carbonyl (C=O) groups excluding carboxylic acids is 1. The van der Waals surface area contributed by atoms with Crippen LogP contribution in [0.4, 0.5) is 0 Å². The first-order valence-electron chi connectivity index (χ1n) is 9.60.